The number of halogens is 1. The van der Waals surface area contributed by atoms with Gasteiger partial charge in [-0.3, -0.25) is 19.0 Å². The fourth-order valence-electron chi connectivity index (χ4n) is 3.77. The van der Waals surface area contributed by atoms with Gasteiger partial charge in [-0.15, -0.1) is 11.3 Å². The van der Waals surface area contributed by atoms with Crippen LogP contribution in [0.5, 0.6) is 0 Å². The third kappa shape index (κ3) is 4.47. The predicted molar refractivity (Wildman–Crippen MR) is 121 cm³/mol. The molecule has 4 heterocycles. The number of aryl methyl sites for hydroxylation is 1. The smallest absolute Gasteiger partial charge is 0.267 e. The van der Waals surface area contributed by atoms with E-state index in [2.05, 4.69) is 22.2 Å². The molecule has 31 heavy (non-hydrogen) atoms. The van der Waals surface area contributed by atoms with Crippen LogP contribution in [-0.4, -0.2) is 44.3 Å². The Labute approximate surface area is 187 Å². The molecule has 3 aromatic rings. The first kappa shape index (κ1) is 21.5. The summed E-state index contributed by atoms with van der Waals surface area (Å²) in [4.78, 5) is 49.5. The van der Waals surface area contributed by atoms with Crippen molar-refractivity contribution in [1.82, 2.24) is 19.4 Å². The number of anilines is 1. The molecular weight excluding hydrogens is 438 g/mol. The van der Waals surface area contributed by atoms with Crippen LogP contribution in [0.15, 0.2) is 29.5 Å². The minimum Gasteiger partial charge on any atom is -0.341 e. The van der Waals surface area contributed by atoms with E-state index >= 15 is 0 Å². The van der Waals surface area contributed by atoms with Crippen molar-refractivity contribution in [1.29, 1.82) is 0 Å². The van der Waals surface area contributed by atoms with Gasteiger partial charge in [-0.25, -0.2) is 9.97 Å². The second-order valence-electron chi connectivity index (χ2n) is 7.82. The first-order chi connectivity index (χ1) is 14.8. The van der Waals surface area contributed by atoms with Crippen molar-refractivity contribution in [3.63, 3.8) is 0 Å². The molecular formula is C21H22ClN5O3S. The maximum Gasteiger partial charge on any atom is 0.267 e. The van der Waals surface area contributed by atoms with Crippen LogP contribution in [0.1, 0.15) is 35.0 Å². The second kappa shape index (κ2) is 8.76. The molecule has 1 atom stereocenters. The summed E-state index contributed by atoms with van der Waals surface area (Å²) in [5.41, 5.74) is 0.221. The van der Waals surface area contributed by atoms with E-state index in [9.17, 15) is 14.4 Å². The van der Waals surface area contributed by atoms with Gasteiger partial charge >= 0.3 is 0 Å². The Balaban J connectivity index is 1.58. The fourth-order valence-corrected chi connectivity index (χ4v) is 4.92. The van der Waals surface area contributed by atoms with Crippen LogP contribution >= 0.6 is 22.9 Å². The number of nitrogens with one attached hydrogen (secondary N) is 1. The third-order valence-electron chi connectivity index (χ3n) is 5.41. The highest BCUT2D eigenvalue weighted by Crippen LogP contribution is 2.27. The number of thiophene rings is 1. The number of fused-ring (bicyclic) bond motifs is 1. The number of hydrogen-bond acceptors (Lipinski definition) is 6. The van der Waals surface area contributed by atoms with E-state index in [1.54, 1.807) is 19.1 Å². The van der Waals surface area contributed by atoms with Crippen molar-refractivity contribution in [2.45, 2.75) is 33.2 Å². The molecule has 3 aromatic heterocycles. The standard InChI is InChI=1S/C21H22ClN5O3S/c1-12-4-3-7-26(9-12)16(28)10-27-11-24-20-17(21(27)30)13(2)18(31-20)19(29)25-15-6-5-14(22)8-23-15/h5-6,8,11-12H,3-4,7,9-10H2,1-2H3,(H,23,25,29). The molecule has 1 saturated heterocycles. The van der Waals surface area contributed by atoms with Crippen molar-refractivity contribution in [2.24, 2.45) is 5.92 Å². The molecule has 0 saturated carbocycles. The van der Waals surface area contributed by atoms with Gasteiger partial charge in [0.05, 0.1) is 21.6 Å². The van der Waals surface area contributed by atoms with Crippen LogP contribution in [0.2, 0.25) is 5.02 Å². The van der Waals surface area contributed by atoms with Gasteiger partial charge in [-0.2, -0.15) is 0 Å². The number of carbonyl (C=O) groups excluding carboxylic acids is 2. The molecule has 1 aliphatic heterocycles. The first-order valence-electron chi connectivity index (χ1n) is 10.0. The quantitative estimate of drug-likeness (QED) is 0.645. The van der Waals surface area contributed by atoms with Crippen LogP contribution in [-0.2, 0) is 11.3 Å². The lowest BCUT2D eigenvalue weighted by atomic mass is 10.0. The zero-order chi connectivity index (χ0) is 22.1. The number of carbonyl (C=O) groups is 2. The summed E-state index contributed by atoms with van der Waals surface area (Å²) in [5, 5.41) is 3.53. The summed E-state index contributed by atoms with van der Waals surface area (Å²) < 4.78 is 1.33. The van der Waals surface area contributed by atoms with E-state index in [1.807, 2.05) is 4.90 Å². The molecule has 4 rings (SSSR count). The van der Waals surface area contributed by atoms with Gasteiger partial charge in [0.25, 0.3) is 11.5 Å². The monoisotopic (exact) mass is 459 g/mol. The SMILES string of the molecule is Cc1c(C(=O)Nc2ccc(Cl)cn2)sc2ncn(CC(=O)N3CCCC(C)C3)c(=O)c12. The van der Waals surface area contributed by atoms with Gasteiger partial charge in [-0.05, 0) is 43.4 Å². The maximum atomic E-state index is 13.1. The number of piperidine rings is 1. The van der Waals surface area contributed by atoms with E-state index in [1.165, 1.54) is 17.1 Å². The molecule has 0 aliphatic carbocycles. The molecule has 1 fully saturated rings. The van der Waals surface area contributed by atoms with E-state index in [0.717, 1.165) is 24.2 Å². The highest BCUT2D eigenvalue weighted by atomic mass is 35.5. The van der Waals surface area contributed by atoms with E-state index < -0.39 is 0 Å². The number of pyridine rings is 1. The molecule has 8 nitrogen and oxygen atoms in total. The highest BCUT2D eigenvalue weighted by molar-refractivity contribution is 7.20. The van der Waals surface area contributed by atoms with E-state index in [4.69, 9.17) is 11.6 Å². The second-order valence-corrected chi connectivity index (χ2v) is 9.25. The molecule has 1 unspecified atom stereocenters. The van der Waals surface area contributed by atoms with Crippen LogP contribution in [0.3, 0.4) is 0 Å². The van der Waals surface area contributed by atoms with Crippen LogP contribution < -0.4 is 10.9 Å². The van der Waals surface area contributed by atoms with Crippen LogP contribution in [0, 0.1) is 12.8 Å². The third-order valence-corrected chi connectivity index (χ3v) is 6.83. The summed E-state index contributed by atoms with van der Waals surface area (Å²) in [6.07, 6.45) is 4.91. The highest BCUT2D eigenvalue weighted by Gasteiger charge is 2.23. The molecule has 0 radical (unpaired) electrons. The van der Waals surface area contributed by atoms with Crippen molar-refractivity contribution in [3.05, 3.63) is 50.5 Å². The van der Waals surface area contributed by atoms with Gasteiger partial charge < -0.3 is 10.2 Å². The number of rotatable bonds is 4. The molecule has 2 amide bonds. The Kier molecular flexibility index (Phi) is 6.06. The molecule has 10 heteroatoms. The summed E-state index contributed by atoms with van der Waals surface area (Å²) in [7, 11) is 0. The normalized spacial score (nSPS) is 16.5. The molecule has 0 aromatic carbocycles. The molecule has 0 spiro atoms. The van der Waals surface area contributed by atoms with E-state index in [-0.39, 0.29) is 23.9 Å². The number of likely N-dealkylation sites (tertiary alicyclic amines) is 1. The fraction of sp³-hybridized carbons (Fsp3) is 0.381. The minimum atomic E-state index is -0.375. The van der Waals surface area contributed by atoms with Gasteiger partial charge in [0, 0.05) is 19.3 Å². The number of nitrogens with zero attached hydrogens (tertiary/aromatic N) is 4. The lowest BCUT2D eigenvalue weighted by Gasteiger charge is -2.31. The predicted octanol–water partition coefficient (Wildman–Crippen LogP) is 3.33. The Morgan fingerprint density at radius 1 is 1.32 bits per heavy atom. The Hall–Kier alpha value is -2.78. The van der Waals surface area contributed by atoms with Crippen molar-refractivity contribution >= 4 is 50.8 Å². The average Bonchev–Trinajstić information content (AvgIpc) is 3.09. The van der Waals surface area contributed by atoms with Crippen LogP contribution in [0.4, 0.5) is 5.82 Å². The number of hydrogen-bond donors (Lipinski definition) is 1. The lowest BCUT2D eigenvalue weighted by Crippen LogP contribution is -2.42. The largest absolute Gasteiger partial charge is 0.341 e. The van der Waals surface area contributed by atoms with Gasteiger partial charge in [-0.1, -0.05) is 18.5 Å². The maximum absolute atomic E-state index is 13.1. The Morgan fingerprint density at radius 2 is 2.13 bits per heavy atom. The Morgan fingerprint density at radius 3 is 2.84 bits per heavy atom. The van der Waals surface area contributed by atoms with Crippen molar-refractivity contribution in [3.8, 4) is 0 Å². The molecule has 0 bridgehead atoms. The summed E-state index contributed by atoms with van der Waals surface area (Å²) in [5.74, 6) is 0.359. The molecule has 1 aliphatic rings. The first-order valence-corrected chi connectivity index (χ1v) is 11.2. The summed E-state index contributed by atoms with van der Waals surface area (Å²) in [6.45, 7) is 5.21. The summed E-state index contributed by atoms with van der Waals surface area (Å²) >= 11 is 6.96. The topological polar surface area (TPSA) is 97.2 Å². The van der Waals surface area contributed by atoms with Crippen molar-refractivity contribution < 1.29 is 9.59 Å². The van der Waals surface area contributed by atoms with Gasteiger partial charge in [0.15, 0.2) is 0 Å². The van der Waals surface area contributed by atoms with Gasteiger partial charge in [0.2, 0.25) is 5.91 Å². The number of amides is 2. The van der Waals surface area contributed by atoms with E-state index in [0.29, 0.717) is 50.5 Å². The molecule has 1 N–H and O–H groups in total. The number of aromatic nitrogens is 3. The van der Waals surface area contributed by atoms with Crippen LogP contribution in [0.25, 0.3) is 10.2 Å². The van der Waals surface area contributed by atoms with Crippen molar-refractivity contribution in [2.75, 3.05) is 18.4 Å². The zero-order valence-electron chi connectivity index (χ0n) is 17.2. The minimum absolute atomic E-state index is 0.0556. The Bertz CT molecular complexity index is 1200. The average molecular weight is 460 g/mol. The zero-order valence-corrected chi connectivity index (χ0v) is 18.8. The van der Waals surface area contributed by atoms with Gasteiger partial charge in [0.1, 0.15) is 17.2 Å². The lowest BCUT2D eigenvalue weighted by molar-refractivity contribution is -0.133. The molecule has 162 valence electrons. The summed E-state index contributed by atoms with van der Waals surface area (Å²) in [6, 6.07) is 3.23.